The minimum Gasteiger partial charge on any atom is -0.475 e. The fourth-order valence-corrected chi connectivity index (χ4v) is 0.211. The van der Waals surface area contributed by atoms with Crippen molar-refractivity contribution in [1.82, 2.24) is 0 Å². The molecule has 0 aromatic carbocycles. The predicted molar refractivity (Wildman–Crippen MR) is 27.2 cm³/mol. The quantitative estimate of drug-likeness (QED) is 0.410. The minimum absolute atomic E-state index is 0.646. The molecule has 0 amide bonds. The Kier molecular flexibility index (Phi) is 2.06. The van der Waals surface area contributed by atoms with E-state index in [0.29, 0.717) is 0 Å². The second-order valence-corrected chi connectivity index (χ2v) is 1.57. The summed E-state index contributed by atoms with van der Waals surface area (Å²) in [5.74, 6) is -2.90. The van der Waals surface area contributed by atoms with E-state index in [0.717, 1.165) is 0 Å². The summed E-state index contributed by atoms with van der Waals surface area (Å²) < 4.78 is 0. The number of hydrogen-bond acceptors (Lipinski definition) is 2. The normalized spacial score (nSPS) is 12.6. The summed E-state index contributed by atoms with van der Waals surface area (Å²) in [5, 5.41) is 7.96. The monoisotopic (exact) mass is 115 g/mol. The highest BCUT2D eigenvalue weighted by atomic mass is 16.4. The van der Waals surface area contributed by atoms with Crippen LogP contribution in [0.2, 0.25) is 0 Å². The van der Waals surface area contributed by atoms with Gasteiger partial charge in [0.15, 0.2) is 5.92 Å². The number of carbonyl (C=O) groups is 2. The molecule has 0 saturated carbocycles. The second-order valence-electron chi connectivity index (χ2n) is 1.57. The first kappa shape index (κ1) is 7.01. The van der Waals surface area contributed by atoms with E-state index in [1.54, 1.807) is 0 Å². The smallest absolute Gasteiger partial charge is 0.377 e. The van der Waals surface area contributed by atoms with Crippen LogP contribution >= 0.6 is 0 Å². The summed E-state index contributed by atoms with van der Waals surface area (Å²) in [6, 6.07) is 0. The van der Waals surface area contributed by atoms with Gasteiger partial charge in [0.1, 0.15) is 0 Å². The Morgan fingerprint density at radius 1 is 1.62 bits per heavy atom. The molecule has 0 aliphatic rings. The molecule has 0 heterocycles. The number of carbonyl (C=O) groups excluding carboxylic acids is 1. The van der Waals surface area contributed by atoms with Gasteiger partial charge in [0.25, 0.3) is 5.78 Å². The summed E-state index contributed by atoms with van der Waals surface area (Å²) >= 11 is 0. The SMILES string of the molecule is [CH2+]C(C)C(=O)C(=O)O. The Morgan fingerprint density at radius 3 is 2.00 bits per heavy atom. The Morgan fingerprint density at radius 2 is 2.00 bits per heavy atom. The molecule has 3 heteroatoms. The lowest BCUT2D eigenvalue weighted by Gasteiger charge is -1.87. The molecule has 0 rings (SSSR count). The van der Waals surface area contributed by atoms with Crippen LogP contribution in [0, 0.1) is 12.8 Å². The van der Waals surface area contributed by atoms with Crippen LogP contribution < -0.4 is 0 Å². The Balaban J connectivity index is 3.84. The zero-order valence-corrected chi connectivity index (χ0v) is 4.55. The van der Waals surface area contributed by atoms with E-state index in [1.807, 2.05) is 0 Å². The van der Waals surface area contributed by atoms with E-state index < -0.39 is 17.7 Å². The van der Waals surface area contributed by atoms with Crippen molar-refractivity contribution in [2.24, 2.45) is 5.92 Å². The molecule has 8 heavy (non-hydrogen) atoms. The van der Waals surface area contributed by atoms with Crippen LogP contribution in [-0.2, 0) is 9.59 Å². The van der Waals surface area contributed by atoms with Crippen LogP contribution in [0.4, 0.5) is 0 Å². The maximum absolute atomic E-state index is 10.2. The van der Waals surface area contributed by atoms with E-state index >= 15 is 0 Å². The number of carboxylic acids is 1. The average molecular weight is 115 g/mol. The lowest BCUT2D eigenvalue weighted by atomic mass is 10.1. The lowest BCUT2D eigenvalue weighted by Crippen LogP contribution is -2.18. The molecule has 0 radical (unpaired) electrons. The highest BCUT2D eigenvalue weighted by molar-refractivity contribution is 6.33. The number of hydrogen-bond donors (Lipinski definition) is 1. The van der Waals surface area contributed by atoms with Crippen molar-refractivity contribution >= 4 is 11.8 Å². The first-order chi connectivity index (χ1) is 3.55. The molecule has 1 atom stereocenters. The molecule has 0 aromatic heterocycles. The van der Waals surface area contributed by atoms with Crippen LogP contribution in [-0.4, -0.2) is 16.9 Å². The molecule has 0 saturated heterocycles. The summed E-state index contributed by atoms with van der Waals surface area (Å²) in [6.45, 7) is 4.67. The van der Waals surface area contributed by atoms with Crippen molar-refractivity contribution in [2.75, 3.05) is 0 Å². The van der Waals surface area contributed by atoms with Gasteiger partial charge in [-0.25, -0.2) is 4.79 Å². The number of Topliss-reactive ketones (excluding diaryl/α,β-unsaturated/α-hetero) is 1. The molecule has 1 unspecified atom stereocenters. The fraction of sp³-hybridized carbons (Fsp3) is 0.400. The average Bonchev–Trinajstić information content (AvgIpc) is 1.64. The van der Waals surface area contributed by atoms with Crippen LogP contribution in [0.1, 0.15) is 6.92 Å². The summed E-state index contributed by atoms with van der Waals surface area (Å²) in [7, 11) is 0. The first-order valence-corrected chi connectivity index (χ1v) is 2.16. The standard InChI is InChI=1S/C5H6O3/c1-3(2)4(6)5(7)8/h3H,1H2,2H3/p+1. The fourth-order valence-electron chi connectivity index (χ4n) is 0.211. The zero-order chi connectivity index (χ0) is 6.73. The molecule has 44 valence electrons. The van der Waals surface area contributed by atoms with E-state index in [-0.39, 0.29) is 0 Å². The molecular formula is C5H7O3+. The summed E-state index contributed by atoms with van der Waals surface area (Å²) in [6.07, 6.45) is 0. The van der Waals surface area contributed by atoms with Gasteiger partial charge < -0.3 is 5.11 Å². The molecule has 0 aliphatic carbocycles. The molecule has 1 N–H and O–H groups in total. The zero-order valence-electron chi connectivity index (χ0n) is 4.55. The number of aliphatic carboxylic acids is 1. The first-order valence-electron chi connectivity index (χ1n) is 2.16. The Labute approximate surface area is 47.3 Å². The van der Waals surface area contributed by atoms with Gasteiger partial charge >= 0.3 is 5.97 Å². The van der Waals surface area contributed by atoms with Gasteiger partial charge in [0, 0.05) is 0 Å². The van der Waals surface area contributed by atoms with Crippen LogP contribution in [0.3, 0.4) is 0 Å². The predicted octanol–water partition coefficient (Wildman–Crippen LogP) is 0.110. The molecule has 0 bridgehead atoms. The molecule has 0 spiro atoms. The van der Waals surface area contributed by atoms with Gasteiger partial charge in [-0.05, 0) is 6.92 Å². The van der Waals surface area contributed by atoms with Crippen molar-refractivity contribution in [1.29, 1.82) is 0 Å². The Bertz CT molecular complexity index is 115. The third-order valence-electron chi connectivity index (χ3n) is 0.658. The van der Waals surface area contributed by atoms with Gasteiger partial charge in [-0.15, -0.1) is 0 Å². The van der Waals surface area contributed by atoms with Crippen LogP contribution in [0.5, 0.6) is 0 Å². The van der Waals surface area contributed by atoms with Crippen molar-refractivity contribution in [3.63, 3.8) is 0 Å². The molecule has 0 fully saturated rings. The minimum atomic E-state index is -1.41. The van der Waals surface area contributed by atoms with Crippen LogP contribution in [0.25, 0.3) is 0 Å². The third-order valence-corrected chi connectivity index (χ3v) is 0.658. The maximum Gasteiger partial charge on any atom is 0.377 e. The molecular weight excluding hydrogens is 108 g/mol. The summed E-state index contributed by atoms with van der Waals surface area (Å²) in [5.41, 5.74) is 0. The van der Waals surface area contributed by atoms with Gasteiger partial charge in [0.05, 0.1) is 6.92 Å². The van der Waals surface area contributed by atoms with Crippen molar-refractivity contribution in [3.8, 4) is 0 Å². The van der Waals surface area contributed by atoms with Crippen molar-refractivity contribution in [3.05, 3.63) is 6.92 Å². The number of carboxylic acid groups (broad SMARTS) is 1. The highest BCUT2D eigenvalue weighted by Gasteiger charge is 2.20. The maximum atomic E-state index is 10.2. The molecule has 0 aromatic rings. The topological polar surface area (TPSA) is 54.4 Å². The highest BCUT2D eigenvalue weighted by Crippen LogP contribution is 1.91. The van der Waals surface area contributed by atoms with Gasteiger partial charge in [-0.1, -0.05) is 0 Å². The van der Waals surface area contributed by atoms with E-state index in [2.05, 4.69) is 6.92 Å². The van der Waals surface area contributed by atoms with Gasteiger partial charge in [-0.3, -0.25) is 4.79 Å². The molecule has 0 aliphatic heterocycles. The van der Waals surface area contributed by atoms with E-state index in [4.69, 9.17) is 5.11 Å². The van der Waals surface area contributed by atoms with Crippen molar-refractivity contribution in [2.45, 2.75) is 6.92 Å². The lowest BCUT2D eigenvalue weighted by molar-refractivity contribution is -0.150. The second kappa shape index (κ2) is 2.35. The number of ketones is 1. The number of rotatable bonds is 2. The van der Waals surface area contributed by atoms with Crippen LogP contribution in [0.15, 0.2) is 0 Å². The van der Waals surface area contributed by atoms with E-state index in [9.17, 15) is 9.59 Å². The van der Waals surface area contributed by atoms with E-state index in [1.165, 1.54) is 6.92 Å². The third kappa shape index (κ3) is 1.64. The summed E-state index contributed by atoms with van der Waals surface area (Å²) in [4.78, 5) is 19.9. The van der Waals surface area contributed by atoms with Gasteiger partial charge in [0.2, 0.25) is 0 Å². The molecule has 3 nitrogen and oxygen atoms in total. The van der Waals surface area contributed by atoms with Crippen molar-refractivity contribution < 1.29 is 14.7 Å². The Hall–Kier alpha value is -0.990. The largest absolute Gasteiger partial charge is 0.475 e. The van der Waals surface area contributed by atoms with Gasteiger partial charge in [-0.2, -0.15) is 0 Å².